The van der Waals surface area contributed by atoms with Gasteiger partial charge in [-0.05, 0) is 103 Å². The predicted molar refractivity (Wildman–Crippen MR) is 132 cm³/mol. The minimum absolute atomic E-state index is 0.0642. The molecule has 0 saturated heterocycles. The number of carbonyl (C=O) groups excluding carboxylic acids is 1. The van der Waals surface area contributed by atoms with Crippen molar-refractivity contribution in [3.63, 3.8) is 0 Å². The Balaban J connectivity index is 1.60. The fraction of sp³-hybridized carbons (Fsp3) is 0.800. The molecule has 7 atom stereocenters. The lowest BCUT2D eigenvalue weighted by Crippen LogP contribution is -2.61. The minimum atomic E-state index is -0.617. The SMILES string of the molecule is CC1(C(=O)O)CCC2(C)CCC3(C)C4=CCC5C(C)(C)C(=O)CCC5(C)C4=CCC3(C)C2C1. The van der Waals surface area contributed by atoms with E-state index in [1.54, 1.807) is 5.57 Å². The maximum Gasteiger partial charge on any atom is 0.309 e. The van der Waals surface area contributed by atoms with Crippen LogP contribution in [-0.4, -0.2) is 16.9 Å². The number of hydrogen-bond acceptors (Lipinski definition) is 2. The normalized spacial score (nSPS) is 50.7. The van der Waals surface area contributed by atoms with Crippen LogP contribution in [0, 0.1) is 44.3 Å². The highest BCUT2D eigenvalue weighted by Gasteiger charge is 2.66. The summed E-state index contributed by atoms with van der Waals surface area (Å²) in [6, 6.07) is 0. The van der Waals surface area contributed by atoms with Crippen molar-refractivity contribution >= 4 is 11.8 Å². The van der Waals surface area contributed by atoms with Crippen LogP contribution in [0.2, 0.25) is 0 Å². The van der Waals surface area contributed by atoms with Crippen LogP contribution in [0.1, 0.15) is 106 Å². The number of Topliss-reactive ketones (excluding diaryl/α,β-unsaturated/α-hetero) is 1. The third kappa shape index (κ3) is 2.74. The molecule has 0 amide bonds. The van der Waals surface area contributed by atoms with Crippen molar-refractivity contribution in [2.75, 3.05) is 0 Å². The van der Waals surface area contributed by atoms with E-state index in [-0.39, 0.29) is 27.1 Å². The first-order chi connectivity index (χ1) is 15.1. The molecule has 0 bridgehead atoms. The molecule has 5 aliphatic rings. The maximum absolute atomic E-state index is 12.8. The lowest BCUT2D eigenvalue weighted by atomic mass is 9.36. The van der Waals surface area contributed by atoms with Gasteiger partial charge in [-0.15, -0.1) is 0 Å². The summed E-state index contributed by atoms with van der Waals surface area (Å²) in [5.74, 6) is 0.590. The lowest BCUT2D eigenvalue weighted by Gasteiger charge is -2.68. The van der Waals surface area contributed by atoms with Gasteiger partial charge < -0.3 is 5.11 Å². The number of carboxylic acid groups (broad SMARTS) is 1. The summed E-state index contributed by atoms with van der Waals surface area (Å²) in [4.78, 5) is 25.1. The molecule has 0 aliphatic heterocycles. The number of ketones is 1. The van der Waals surface area contributed by atoms with E-state index < -0.39 is 11.4 Å². The summed E-state index contributed by atoms with van der Waals surface area (Å²) in [5.41, 5.74) is 2.62. The lowest BCUT2D eigenvalue weighted by molar-refractivity contribution is -0.170. The summed E-state index contributed by atoms with van der Waals surface area (Å²) in [6.07, 6.45) is 13.7. The first-order valence-corrected chi connectivity index (χ1v) is 13.3. The number of carbonyl (C=O) groups is 2. The van der Waals surface area contributed by atoms with E-state index in [0.717, 1.165) is 38.5 Å². The summed E-state index contributed by atoms with van der Waals surface area (Å²) in [7, 11) is 0. The van der Waals surface area contributed by atoms with Crippen LogP contribution in [0.3, 0.4) is 0 Å². The molecule has 33 heavy (non-hydrogen) atoms. The van der Waals surface area contributed by atoms with Gasteiger partial charge in [-0.25, -0.2) is 0 Å². The van der Waals surface area contributed by atoms with E-state index in [2.05, 4.69) is 53.7 Å². The highest BCUT2D eigenvalue weighted by Crippen LogP contribution is 2.74. The molecule has 0 heterocycles. The number of hydrogen-bond donors (Lipinski definition) is 1. The molecule has 7 unspecified atom stereocenters. The molecular formula is C30H44O3. The van der Waals surface area contributed by atoms with Crippen molar-refractivity contribution < 1.29 is 14.7 Å². The Labute approximate surface area is 200 Å². The molecule has 3 nitrogen and oxygen atoms in total. The molecule has 0 aromatic heterocycles. The van der Waals surface area contributed by atoms with Crippen LogP contribution < -0.4 is 0 Å². The molecule has 3 fully saturated rings. The highest BCUT2D eigenvalue weighted by molar-refractivity contribution is 5.86. The van der Waals surface area contributed by atoms with E-state index in [1.165, 1.54) is 18.4 Å². The van der Waals surface area contributed by atoms with E-state index >= 15 is 0 Å². The molecule has 0 spiro atoms. The van der Waals surface area contributed by atoms with Crippen molar-refractivity contribution in [1.82, 2.24) is 0 Å². The molecule has 182 valence electrons. The van der Waals surface area contributed by atoms with Gasteiger partial charge in [0.1, 0.15) is 5.78 Å². The van der Waals surface area contributed by atoms with Gasteiger partial charge in [0.2, 0.25) is 0 Å². The van der Waals surface area contributed by atoms with E-state index in [4.69, 9.17) is 0 Å². The van der Waals surface area contributed by atoms with Crippen molar-refractivity contribution in [3.8, 4) is 0 Å². The molecule has 3 heteroatoms. The van der Waals surface area contributed by atoms with Crippen molar-refractivity contribution in [2.45, 2.75) is 106 Å². The van der Waals surface area contributed by atoms with E-state index in [9.17, 15) is 14.7 Å². The van der Waals surface area contributed by atoms with Gasteiger partial charge in [-0.3, -0.25) is 9.59 Å². The molecule has 3 saturated carbocycles. The Bertz CT molecular complexity index is 987. The second-order valence-electron chi connectivity index (χ2n) is 14.3. The fourth-order valence-corrected chi connectivity index (χ4v) is 9.61. The fourth-order valence-electron chi connectivity index (χ4n) is 9.61. The summed E-state index contributed by atoms with van der Waals surface area (Å²) in [6.45, 7) is 16.2. The van der Waals surface area contributed by atoms with Gasteiger partial charge in [0.05, 0.1) is 5.41 Å². The molecule has 0 aromatic carbocycles. The van der Waals surface area contributed by atoms with Crippen molar-refractivity contribution in [1.29, 1.82) is 0 Å². The average molecular weight is 453 g/mol. The predicted octanol–water partition coefficient (Wildman–Crippen LogP) is 7.36. The topological polar surface area (TPSA) is 54.4 Å². The largest absolute Gasteiger partial charge is 0.481 e. The summed E-state index contributed by atoms with van der Waals surface area (Å²) >= 11 is 0. The van der Waals surface area contributed by atoms with Gasteiger partial charge >= 0.3 is 5.97 Å². The van der Waals surface area contributed by atoms with Crippen LogP contribution in [0.15, 0.2) is 23.3 Å². The monoisotopic (exact) mass is 452 g/mol. The molecule has 1 N–H and O–H groups in total. The van der Waals surface area contributed by atoms with Crippen LogP contribution in [0.4, 0.5) is 0 Å². The van der Waals surface area contributed by atoms with E-state index in [0.29, 0.717) is 24.0 Å². The Hall–Kier alpha value is -1.38. The molecule has 0 radical (unpaired) electrons. The Morgan fingerprint density at radius 3 is 2.21 bits per heavy atom. The second kappa shape index (κ2) is 6.64. The summed E-state index contributed by atoms with van der Waals surface area (Å²) in [5, 5.41) is 10.1. The molecular weight excluding hydrogens is 408 g/mol. The summed E-state index contributed by atoms with van der Waals surface area (Å²) < 4.78 is 0. The standard InChI is InChI=1S/C30H44O3/c1-25(2)21-9-8-20-19(28(21,5)12-11-23(25)31)10-13-30(7)22-18-27(4,24(32)33)15-14-26(22,3)16-17-29(20,30)6/h8,10,21-22H,9,11-18H2,1-7H3,(H,32,33). The minimum Gasteiger partial charge on any atom is -0.481 e. The van der Waals surface area contributed by atoms with Crippen molar-refractivity contribution in [3.05, 3.63) is 23.3 Å². The highest BCUT2D eigenvalue weighted by atomic mass is 16.4. The third-order valence-electron chi connectivity index (χ3n) is 12.5. The van der Waals surface area contributed by atoms with Gasteiger partial charge in [-0.1, -0.05) is 53.7 Å². The number of allylic oxidation sites excluding steroid dienone is 4. The van der Waals surface area contributed by atoms with E-state index in [1.807, 2.05) is 6.92 Å². The Morgan fingerprint density at radius 2 is 1.55 bits per heavy atom. The zero-order chi connectivity index (χ0) is 24.2. The van der Waals surface area contributed by atoms with Crippen LogP contribution >= 0.6 is 0 Å². The zero-order valence-corrected chi connectivity index (χ0v) is 21.9. The maximum atomic E-state index is 12.8. The molecule has 5 aliphatic carbocycles. The Morgan fingerprint density at radius 1 is 0.879 bits per heavy atom. The third-order valence-corrected chi connectivity index (χ3v) is 12.5. The zero-order valence-electron chi connectivity index (χ0n) is 21.9. The van der Waals surface area contributed by atoms with Crippen LogP contribution in [0.25, 0.3) is 0 Å². The first kappa shape index (κ1) is 23.4. The van der Waals surface area contributed by atoms with Gasteiger partial charge in [0, 0.05) is 11.8 Å². The first-order valence-electron chi connectivity index (χ1n) is 13.3. The second-order valence-corrected chi connectivity index (χ2v) is 14.3. The van der Waals surface area contributed by atoms with Gasteiger partial charge in [-0.2, -0.15) is 0 Å². The Kier molecular flexibility index (Phi) is 4.70. The average Bonchev–Trinajstić information content (AvgIpc) is 2.74. The number of fused-ring (bicyclic) bond motifs is 7. The van der Waals surface area contributed by atoms with Gasteiger partial charge in [0.15, 0.2) is 0 Å². The number of rotatable bonds is 1. The van der Waals surface area contributed by atoms with Crippen molar-refractivity contribution in [2.24, 2.45) is 44.3 Å². The van der Waals surface area contributed by atoms with Crippen LogP contribution in [0.5, 0.6) is 0 Å². The number of carboxylic acids is 1. The molecule has 0 aromatic rings. The molecule has 5 rings (SSSR count). The number of aliphatic carboxylic acids is 1. The smallest absolute Gasteiger partial charge is 0.309 e. The van der Waals surface area contributed by atoms with Crippen LogP contribution in [-0.2, 0) is 9.59 Å². The quantitative estimate of drug-likeness (QED) is 0.452. The van der Waals surface area contributed by atoms with Gasteiger partial charge in [0.25, 0.3) is 0 Å².